The first-order valence-electron chi connectivity index (χ1n) is 4.01. The Labute approximate surface area is 63.8 Å². The maximum absolute atomic E-state index is 9.20. The molecule has 0 aromatic heterocycles. The summed E-state index contributed by atoms with van der Waals surface area (Å²) in [6.07, 6.45) is 6.04. The zero-order valence-corrected chi connectivity index (χ0v) is 7.17. The molecule has 1 N–H and O–H groups in total. The molecule has 0 bridgehead atoms. The van der Waals surface area contributed by atoms with Crippen molar-refractivity contribution in [2.24, 2.45) is 5.92 Å². The summed E-state index contributed by atoms with van der Waals surface area (Å²) in [5.41, 5.74) is 0. The Balaban J connectivity index is 3.60. The first-order valence-corrected chi connectivity index (χ1v) is 4.01. The molecule has 10 heavy (non-hydrogen) atoms. The van der Waals surface area contributed by atoms with Gasteiger partial charge in [-0.25, -0.2) is 0 Å². The molecule has 0 aromatic rings. The lowest BCUT2D eigenvalue weighted by molar-refractivity contribution is 0.124. The SMILES string of the molecule is C/C=C\CC(CC)[C@H](C)O. The molecule has 0 aliphatic heterocycles. The quantitative estimate of drug-likeness (QED) is 0.597. The third kappa shape index (κ3) is 3.67. The van der Waals surface area contributed by atoms with Crippen molar-refractivity contribution in [3.05, 3.63) is 12.2 Å². The molecule has 0 fully saturated rings. The van der Waals surface area contributed by atoms with Gasteiger partial charge in [-0.15, -0.1) is 0 Å². The molecule has 0 heterocycles. The van der Waals surface area contributed by atoms with Crippen molar-refractivity contribution in [1.29, 1.82) is 0 Å². The van der Waals surface area contributed by atoms with Crippen LogP contribution in [0.2, 0.25) is 0 Å². The molecule has 0 aromatic carbocycles. The highest BCUT2D eigenvalue weighted by molar-refractivity contribution is 4.81. The minimum Gasteiger partial charge on any atom is -0.393 e. The lowest BCUT2D eigenvalue weighted by Gasteiger charge is -2.14. The van der Waals surface area contributed by atoms with Crippen LogP contribution in [0.1, 0.15) is 33.6 Å². The second kappa shape index (κ2) is 5.48. The number of rotatable bonds is 4. The average molecular weight is 142 g/mol. The predicted octanol–water partition coefficient (Wildman–Crippen LogP) is 2.36. The van der Waals surface area contributed by atoms with Gasteiger partial charge in [0.05, 0.1) is 6.10 Å². The zero-order chi connectivity index (χ0) is 7.98. The van der Waals surface area contributed by atoms with Crippen LogP contribution in [0.4, 0.5) is 0 Å². The maximum Gasteiger partial charge on any atom is 0.0543 e. The van der Waals surface area contributed by atoms with Gasteiger partial charge < -0.3 is 5.11 Å². The monoisotopic (exact) mass is 142 g/mol. The van der Waals surface area contributed by atoms with Gasteiger partial charge in [-0.05, 0) is 26.2 Å². The fourth-order valence-corrected chi connectivity index (χ4v) is 1.02. The van der Waals surface area contributed by atoms with Crippen molar-refractivity contribution in [3.63, 3.8) is 0 Å². The molecule has 0 saturated heterocycles. The van der Waals surface area contributed by atoms with Crippen LogP contribution in [0.25, 0.3) is 0 Å². The van der Waals surface area contributed by atoms with Gasteiger partial charge in [-0.3, -0.25) is 0 Å². The molecule has 0 aliphatic rings. The Morgan fingerprint density at radius 1 is 1.50 bits per heavy atom. The van der Waals surface area contributed by atoms with E-state index in [1.807, 2.05) is 19.9 Å². The lowest BCUT2D eigenvalue weighted by Crippen LogP contribution is -2.14. The Bertz CT molecular complexity index is 94.9. The Morgan fingerprint density at radius 3 is 2.40 bits per heavy atom. The summed E-state index contributed by atoms with van der Waals surface area (Å²) < 4.78 is 0. The first kappa shape index (κ1) is 9.70. The van der Waals surface area contributed by atoms with E-state index in [4.69, 9.17) is 0 Å². The minimum atomic E-state index is -0.166. The summed E-state index contributed by atoms with van der Waals surface area (Å²) in [6.45, 7) is 5.98. The van der Waals surface area contributed by atoms with Gasteiger partial charge in [0.25, 0.3) is 0 Å². The number of allylic oxidation sites excluding steroid dienone is 2. The molecule has 60 valence electrons. The summed E-state index contributed by atoms with van der Waals surface area (Å²) in [6, 6.07) is 0. The molecule has 0 saturated carbocycles. The summed E-state index contributed by atoms with van der Waals surface area (Å²) in [7, 11) is 0. The third-order valence-corrected chi connectivity index (χ3v) is 1.88. The molecule has 1 unspecified atom stereocenters. The fourth-order valence-electron chi connectivity index (χ4n) is 1.02. The van der Waals surface area contributed by atoms with Gasteiger partial charge in [-0.1, -0.05) is 25.5 Å². The van der Waals surface area contributed by atoms with Crippen LogP contribution in [0.5, 0.6) is 0 Å². The third-order valence-electron chi connectivity index (χ3n) is 1.88. The molecule has 0 radical (unpaired) electrons. The van der Waals surface area contributed by atoms with Crippen molar-refractivity contribution in [2.75, 3.05) is 0 Å². The van der Waals surface area contributed by atoms with Crippen LogP contribution in [0, 0.1) is 5.92 Å². The molecule has 1 heteroatoms. The summed E-state index contributed by atoms with van der Waals surface area (Å²) >= 11 is 0. The highest BCUT2D eigenvalue weighted by Crippen LogP contribution is 2.13. The van der Waals surface area contributed by atoms with Crippen molar-refractivity contribution < 1.29 is 5.11 Å². The van der Waals surface area contributed by atoms with Gasteiger partial charge in [0.1, 0.15) is 0 Å². The number of aliphatic hydroxyl groups is 1. The standard InChI is InChI=1S/C9H18O/c1-4-6-7-9(5-2)8(3)10/h4,6,8-10H,5,7H2,1-3H3/b6-4-/t8-,9?/m0/s1. The van der Waals surface area contributed by atoms with Gasteiger partial charge in [-0.2, -0.15) is 0 Å². The van der Waals surface area contributed by atoms with Crippen LogP contribution in [0.15, 0.2) is 12.2 Å². The maximum atomic E-state index is 9.20. The van der Waals surface area contributed by atoms with Crippen molar-refractivity contribution in [3.8, 4) is 0 Å². The van der Waals surface area contributed by atoms with Crippen LogP contribution in [0.3, 0.4) is 0 Å². The predicted molar refractivity (Wildman–Crippen MR) is 44.9 cm³/mol. The van der Waals surface area contributed by atoms with E-state index in [9.17, 15) is 5.11 Å². The van der Waals surface area contributed by atoms with Gasteiger partial charge in [0.15, 0.2) is 0 Å². The lowest BCUT2D eigenvalue weighted by atomic mass is 9.97. The molecule has 1 nitrogen and oxygen atoms in total. The molecule has 0 amide bonds. The van der Waals surface area contributed by atoms with Crippen LogP contribution < -0.4 is 0 Å². The van der Waals surface area contributed by atoms with Gasteiger partial charge >= 0.3 is 0 Å². The van der Waals surface area contributed by atoms with Gasteiger partial charge in [0.2, 0.25) is 0 Å². The largest absolute Gasteiger partial charge is 0.393 e. The van der Waals surface area contributed by atoms with Crippen LogP contribution in [-0.4, -0.2) is 11.2 Å². The molecule has 0 spiro atoms. The van der Waals surface area contributed by atoms with Gasteiger partial charge in [0, 0.05) is 0 Å². The molecule has 0 rings (SSSR count). The number of aliphatic hydroxyl groups excluding tert-OH is 1. The summed E-state index contributed by atoms with van der Waals surface area (Å²) in [5.74, 6) is 0.441. The second-order valence-corrected chi connectivity index (χ2v) is 2.71. The Hall–Kier alpha value is -0.300. The van der Waals surface area contributed by atoms with E-state index in [-0.39, 0.29) is 6.10 Å². The smallest absolute Gasteiger partial charge is 0.0543 e. The first-order chi connectivity index (χ1) is 4.72. The normalized spacial score (nSPS) is 17.6. The van der Waals surface area contributed by atoms with E-state index in [1.165, 1.54) is 0 Å². The molecule has 2 atom stereocenters. The van der Waals surface area contributed by atoms with E-state index >= 15 is 0 Å². The molecular weight excluding hydrogens is 124 g/mol. The van der Waals surface area contributed by atoms with E-state index in [0.717, 1.165) is 12.8 Å². The van der Waals surface area contributed by atoms with E-state index in [2.05, 4.69) is 13.0 Å². The number of hydrogen-bond donors (Lipinski definition) is 1. The van der Waals surface area contributed by atoms with Crippen molar-refractivity contribution in [2.45, 2.75) is 39.7 Å². The molecular formula is C9H18O. The molecule has 0 aliphatic carbocycles. The second-order valence-electron chi connectivity index (χ2n) is 2.71. The Morgan fingerprint density at radius 2 is 2.10 bits per heavy atom. The summed E-state index contributed by atoms with van der Waals surface area (Å²) in [4.78, 5) is 0. The summed E-state index contributed by atoms with van der Waals surface area (Å²) in [5, 5.41) is 9.20. The highest BCUT2D eigenvalue weighted by Gasteiger charge is 2.09. The van der Waals surface area contributed by atoms with E-state index in [0.29, 0.717) is 5.92 Å². The zero-order valence-electron chi connectivity index (χ0n) is 7.17. The Kier molecular flexibility index (Phi) is 5.32. The van der Waals surface area contributed by atoms with E-state index in [1.54, 1.807) is 0 Å². The highest BCUT2D eigenvalue weighted by atomic mass is 16.3. The average Bonchev–Trinajstić information content (AvgIpc) is 1.89. The van der Waals surface area contributed by atoms with Crippen LogP contribution >= 0.6 is 0 Å². The van der Waals surface area contributed by atoms with Crippen molar-refractivity contribution in [1.82, 2.24) is 0 Å². The minimum absolute atomic E-state index is 0.166. The van der Waals surface area contributed by atoms with Crippen molar-refractivity contribution >= 4 is 0 Å². The van der Waals surface area contributed by atoms with Crippen LogP contribution in [-0.2, 0) is 0 Å². The number of hydrogen-bond acceptors (Lipinski definition) is 1. The fraction of sp³-hybridized carbons (Fsp3) is 0.778. The topological polar surface area (TPSA) is 20.2 Å². The van der Waals surface area contributed by atoms with E-state index < -0.39 is 0 Å².